The lowest BCUT2D eigenvalue weighted by atomic mass is 10.1. The molecular formula is C21H24N4O4S. The van der Waals surface area contributed by atoms with E-state index in [-0.39, 0.29) is 23.0 Å². The Kier molecular flexibility index (Phi) is 6.04. The number of hydrogen-bond donors (Lipinski definition) is 1. The van der Waals surface area contributed by atoms with Gasteiger partial charge in [0.2, 0.25) is 15.9 Å². The van der Waals surface area contributed by atoms with Crippen molar-refractivity contribution in [1.29, 1.82) is 0 Å². The predicted molar refractivity (Wildman–Crippen MR) is 115 cm³/mol. The van der Waals surface area contributed by atoms with Crippen LogP contribution in [0.15, 0.2) is 47.4 Å². The minimum Gasteiger partial charge on any atom is -0.331 e. The zero-order valence-corrected chi connectivity index (χ0v) is 18.2. The van der Waals surface area contributed by atoms with Gasteiger partial charge in [0.15, 0.2) is 5.78 Å². The van der Waals surface area contributed by atoms with Crippen molar-refractivity contribution in [3.63, 3.8) is 0 Å². The molecule has 0 unspecified atom stereocenters. The highest BCUT2D eigenvalue weighted by Crippen LogP contribution is 2.22. The second-order valence-electron chi connectivity index (χ2n) is 7.21. The number of aryl methyl sites for hydroxylation is 2. The molecule has 0 spiro atoms. The lowest BCUT2D eigenvalue weighted by Gasteiger charge is -2.10. The fourth-order valence-corrected chi connectivity index (χ4v) is 4.01. The predicted octanol–water partition coefficient (Wildman–Crippen LogP) is 2.60. The number of ketones is 1. The van der Waals surface area contributed by atoms with E-state index in [1.54, 1.807) is 42.5 Å². The SMILES string of the molecule is CC(=O)c1cccc(NC(=O)CCc2nc3cc(S(=O)(=O)N(C)C)ccc3n2C)c1. The van der Waals surface area contributed by atoms with E-state index in [0.29, 0.717) is 29.0 Å². The van der Waals surface area contributed by atoms with E-state index in [1.165, 1.54) is 21.0 Å². The van der Waals surface area contributed by atoms with Crippen molar-refractivity contribution in [2.75, 3.05) is 19.4 Å². The van der Waals surface area contributed by atoms with E-state index < -0.39 is 10.0 Å². The molecule has 158 valence electrons. The summed E-state index contributed by atoms with van der Waals surface area (Å²) < 4.78 is 27.7. The number of sulfonamides is 1. The molecule has 0 aliphatic heterocycles. The topological polar surface area (TPSA) is 101 Å². The maximum atomic E-state index is 12.3. The van der Waals surface area contributed by atoms with Gasteiger partial charge in [-0.05, 0) is 37.3 Å². The summed E-state index contributed by atoms with van der Waals surface area (Å²) in [7, 11) is 1.25. The summed E-state index contributed by atoms with van der Waals surface area (Å²) in [6.45, 7) is 1.47. The molecule has 0 fully saturated rings. The number of fused-ring (bicyclic) bond motifs is 1. The first-order valence-electron chi connectivity index (χ1n) is 9.38. The summed E-state index contributed by atoms with van der Waals surface area (Å²) in [5.74, 6) is 0.414. The fraction of sp³-hybridized carbons (Fsp3) is 0.286. The smallest absolute Gasteiger partial charge is 0.242 e. The monoisotopic (exact) mass is 428 g/mol. The second-order valence-corrected chi connectivity index (χ2v) is 9.36. The standard InChI is InChI=1S/C21H24N4O4S/c1-14(26)15-6-5-7-16(12-15)22-21(27)11-10-20-23-18-13-17(30(28,29)24(2)3)8-9-19(18)25(20)4/h5-9,12-13H,10-11H2,1-4H3,(H,22,27). The van der Waals surface area contributed by atoms with Crippen molar-refractivity contribution in [2.24, 2.45) is 7.05 Å². The zero-order valence-electron chi connectivity index (χ0n) is 17.3. The quantitative estimate of drug-likeness (QED) is 0.583. The van der Waals surface area contributed by atoms with Crippen LogP contribution < -0.4 is 5.32 Å². The minimum absolute atomic E-state index is 0.0681. The van der Waals surface area contributed by atoms with Gasteiger partial charge in [-0.15, -0.1) is 0 Å². The molecular weight excluding hydrogens is 404 g/mol. The van der Waals surface area contributed by atoms with Gasteiger partial charge >= 0.3 is 0 Å². The van der Waals surface area contributed by atoms with Gasteiger partial charge in [-0.3, -0.25) is 9.59 Å². The molecule has 1 aromatic heterocycles. The second kappa shape index (κ2) is 8.37. The molecule has 1 amide bonds. The number of carbonyl (C=O) groups excluding carboxylic acids is 2. The number of rotatable bonds is 7. The van der Waals surface area contributed by atoms with Gasteiger partial charge in [0.05, 0.1) is 15.9 Å². The molecule has 1 heterocycles. The van der Waals surface area contributed by atoms with Crippen molar-refractivity contribution in [3.8, 4) is 0 Å². The number of nitrogens with one attached hydrogen (secondary N) is 1. The number of anilines is 1. The van der Waals surface area contributed by atoms with Crippen LogP contribution >= 0.6 is 0 Å². The molecule has 0 radical (unpaired) electrons. The largest absolute Gasteiger partial charge is 0.331 e. The number of benzene rings is 2. The molecule has 0 atom stereocenters. The Morgan fingerprint density at radius 3 is 2.53 bits per heavy atom. The van der Waals surface area contributed by atoms with Crippen LogP contribution in [-0.4, -0.2) is 48.1 Å². The highest BCUT2D eigenvalue weighted by Gasteiger charge is 2.19. The van der Waals surface area contributed by atoms with E-state index >= 15 is 0 Å². The summed E-state index contributed by atoms with van der Waals surface area (Å²) in [5, 5.41) is 2.79. The minimum atomic E-state index is -3.55. The third-order valence-corrected chi connectivity index (χ3v) is 6.66. The molecule has 30 heavy (non-hydrogen) atoms. The van der Waals surface area contributed by atoms with Crippen LogP contribution in [0.5, 0.6) is 0 Å². The van der Waals surface area contributed by atoms with Crippen LogP contribution in [0.1, 0.15) is 29.5 Å². The van der Waals surface area contributed by atoms with Crippen LogP contribution in [0, 0.1) is 0 Å². The van der Waals surface area contributed by atoms with E-state index in [4.69, 9.17) is 0 Å². The van der Waals surface area contributed by atoms with Gasteiger partial charge in [0.1, 0.15) is 5.82 Å². The molecule has 9 heteroatoms. The highest BCUT2D eigenvalue weighted by atomic mass is 32.2. The Labute approximate surface area is 175 Å². The molecule has 0 saturated carbocycles. The summed E-state index contributed by atoms with van der Waals surface area (Å²) in [5.41, 5.74) is 2.45. The van der Waals surface area contributed by atoms with Crippen molar-refractivity contribution in [2.45, 2.75) is 24.7 Å². The maximum Gasteiger partial charge on any atom is 0.242 e. The molecule has 0 bridgehead atoms. The Hall–Kier alpha value is -3.04. The number of hydrogen-bond acceptors (Lipinski definition) is 5. The normalized spacial score (nSPS) is 11.8. The Bertz CT molecular complexity index is 1230. The first-order valence-corrected chi connectivity index (χ1v) is 10.8. The summed E-state index contributed by atoms with van der Waals surface area (Å²) in [6, 6.07) is 11.6. The van der Waals surface area contributed by atoms with Crippen molar-refractivity contribution in [3.05, 3.63) is 53.9 Å². The number of carbonyl (C=O) groups is 2. The molecule has 3 rings (SSSR count). The van der Waals surface area contributed by atoms with Crippen LogP contribution in [0.3, 0.4) is 0 Å². The van der Waals surface area contributed by atoms with Gasteiger partial charge < -0.3 is 9.88 Å². The number of Topliss-reactive ketones (excluding diaryl/α,β-unsaturated/α-hetero) is 1. The first-order chi connectivity index (χ1) is 14.1. The molecule has 0 aliphatic carbocycles. The van der Waals surface area contributed by atoms with Crippen molar-refractivity contribution in [1.82, 2.24) is 13.9 Å². The van der Waals surface area contributed by atoms with E-state index in [1.807, 2.05) is 11.6 Å². The van der Waals surface area contributed by atoms with Crippen molar-refractivity contribution < 1.29 is 18.0 Å². The number of aromatic nitrogens is 2. The molecule has 0 saturated heterocycles. The molecule has 2 aromatic carbocycles. The number of imidazole rings is 1. The Morgan fingerprint density at radius 1 is 1.13 bits per heavy atom. The van der Waals surface area contributed by atoms with Gasteiger partial charge in [0.25, 0.3) is 0 Å². The third-order valence-electron chi connectivity index (χ3n) is 4.85. The van der Waals surface area contributed by atoms with E-state index in [0.717, 1.165) is 9.82 Å². The molecule has 1 N–H and O–H groups in total. The average molecular weight is 429 g/mol. The van der Waals surface area contributed by atoms with Gasteiger partial charge in [-0.1, -0.05) is 12.1 Å². The summed E-state index contributed by atoms with van der Waals surface area (Å²) in [6.07, 6.45) is 0.587. The summed E-state index contributed by atoms with van der Waals surface area (Å²) in [4.78, 5) is 28.5. The van der Waals surface area contributed by atoms with Crippen LogP contribution in [0.2, 0.25) is 0 Å². The van der Waals surface area contributed by atoms with Gasteiger partial charge in [0, 0.05) is 45.2 Å². The fourth-order valence-electron chi connectivity index (χ4n) is 3.09. The van der Waals surface area contributed by atoms with Crippen LogP contribution in [0.4, 0.5) is 5.69 Å². The summed E-state index contributed by atoms with van der Waals surface area (Å²) >= 11 is 0. The third kappa shape index (κ3) is 4.42. The van der Waals surface area contributed by atoms with Gasteiger partial charge in [-0.2, -0.15) is 0 Å². The van der Waals surface area contributed by atoms with E-state index in [2.05, 4.69) is 10.3 Å². The van der Waals surface area contributed by atoms with Crippen molar-refractivity contribution >= 4 is 38.4 Å². The lowest BCUT2D eigenvalue weighted by Crippen LogP contribution is -2.22. The number of amides is 1. The first kappa shape index (κ1) is 21.7. The maximum absolute atomic E-state index is 12.3. The van der Waals surface area contributed by atoms with Crippen LogP contribution in [-0.2, 0) is 28.3 Å². The molecule has 0 aliphatic rings. The number of nitrogens with zero attached hydrogens (tertiary/aromatic N) is 3. The Morgan fingerprint density at radius 2 is 1.87 bits per heavy atom. The lowest BCUT2D eigenvalue weighted by molar-refractivity contribution is -0.116. The highest BCUT2D eigenvalue weighted by molar-refractivity contribution is 7.89. The molecule has 8 nitrogen and oxygen atoms in total. The van der Waals surface area contributed by atoms with Crippen LogP contribution in [0.25, 0.3) is 11.0 Å². The Balaban J connectivity index is 1.74. The average Bonchev–Trinajstić information content (AvgIpc) is 3.01. The van der Waals surface area contributed by atoms with E-state index in [9.17, 15) is 18.0 Å². The molecule has 3 aromatic rings. The zero-order chi connectivity index (χ0) is 22.1. The van der Waals surface area contributed by atoms with Gasteiger partial charge in [-0.25, -0.2) is 17.7 Å².